The summed E-state index contributed by atoms with van der Waals surface area (Å²) in [7, 11) is 1.59. The first-order valence-electron chi connectivity index (χ1n) is 8.61. The molecule has 1 amide bonds. The molecule has 0 unspecified atom stereocenters. The molecular formula is C19H25N3O4. The average molecular weight is 359 g/mol. The van der Waals surface area contributed by atoms with Gasteiger partial charge in [-0.15, -0.1) is 0 Å². The number of rotatable bonds is 8. The van der Waals surface area contributed by atoms with Gasteiger partial charge in [0.2, 0.25) is 5.91 Å². The highest BCUT2D eigenvalue weighted by Gasteiger charge is 2.18. The maximum atomic E-state index is 12.2. The molecule has 0 radical (unpaired) electrons. The van der Waals surface area contributed by atoms with Crippen LogP contribution in [0.4, 0.5) is 0 Å². The molecule has 26 heavy (non-hydrogen) atoms. The number of nitrogens with zero attached hydrogens (tertiary/aromatic N) is 2. The third-order valence-electron chi connectivity index (χ3n) is 4.42. The zero-order valence-electron chi connectivity index (χ0n) is 15.3. The monoisotopic (exact) mass is 359 g/mol. The van der Waals surface area contributed by atoms with E-state index in [0.717, 1.165) is 22.4 Å². The third kappa shape index (κ3) is 4.92. The van der Waals surface area contributed by atoms with E-state index in [1.807, 2.05) is 26.0 Å². The van der Waals surface area contributed by atoms with Crippen molar-refractivity contribution in [2.24, 2.45) is 5.92 Å². The number of nitrogens with one attached hydrogen (secondary N) is 1. The fourth-order valence-corrected chi connectivity index (χ4v) is 2.52. The van der Waals surface area contributed by atoms with Crippen molar-refractivity contribution in [3.05, 3.63) is 46.8 Å². The van der Waals surface area contributed by atoms with Crippen molar-refractivity contribution in [1.82, 2.24) is 15.1 Å². The molecule has 0 aliphatic carbocycles. The molecule has 1 aromatic heterocycles. The van der Waals surface area contributed by atoms with Gasteiger partial charge in [-0.2, -0.15) is 5.10 Å². The number of benzene rings is 1. The summed E-state index contributed by atoms with van der Waals surface area (Å²) in [5.41, 5.74) is 1.04. The number of carbonyl (C=O) groups excluding carboxylic acids is 1. The number of amides is 1. The lowest BCUT2D eigenvalue weighted by Crippen LogP contribution is -2.44. The van der Waals surface area contributed by atoms with Gasteiger partial charge in [0.15, 0.2) is 0 Å². The normalized spacial score (nSPS) is 13.1. The van der Waals surface area contributed by atoms with E-state index in [2.05, 4.69) is 10.4 Å². The summed E-state index contributed by atoms with van der Waals surface area (Å²) in [4.78, 5) is 24.3. The Kier molecular flexibility index (Phi) is 6.91. The molecule has 2 rings (SSSR count). The number of aromatic nitrogens is 2. The standard InChI is InChI=1S/C19H25N3O4/c1-4-13(2)17(12-23)20-18(24)11-22-19(25)10-9-16(21-22)14-5-7-15(26-3)8-6-14/h5-10,13,17,23H,4,11-12H2,1-3H3,(H,20,24)/t13-,17-/m1/s1. The molecule has 140 valence electrons. The van der Waals surface area contributed by atoms with E-state index in [1.165, 1.54) is 6.07 Å². The van der Waals surface area contributed by atoms with Gasteiger partial charge >= 0.3 is 0 Å². The van der Waals surface area contributed by atoms with Crippen molar-refractivity contribution in [3.63, 3.8) is 0 Å². The highest BCUT2D eigenvalue weighted by atomic mass is 16.5. The minimum atomic E-state index is -0.360. The Morgan fingerprint density at radius 1 is 1.27 bits per heavy atom. The highest BCUT2D eigenvalue weighted by Crippen LogP contribution is 2.19. The molecular weight excluding hydrogens is 334 g/mol. The first-order chi connectivity index (χ1) is 12.5. The number of hydrogen-bond acceptors (Lipinski definition) is 5. The van der Waals surface area contributed by atoms with Crippen molar-refractivity contribution in [3.8, 4) is 17.0 Å². The van der Waals surface area contributed by atoms with Crippen LogP contribution in [0.1, 0.15) is 20.3 Å². The molecule has 7 heteroatoms. The number of hydrogen-bond donors (Lipinski definition) is 2. The van der Waals surface area contributed by atoms with Gasteiger partial charge in [-0.3, -0.25) is 9.59 Å². The minimum Gasteiger partial charge on any atom is -0.497 e. The van der Waals surface area contributed by atoms with Gasteiger partial charge in [-0.25, -0.2) is 4.68 Å². The molecule has 0 saturated heterocycles. The van der Waals surface area contributed by atoms with Crippen molar-refractivity contribution in [2.45, 2.75) is 32.9 Å². The summed E-state index contributed by atoms with van der Waals surface area (Å²) in [5, 5.41) is 16.5. The second kappa shape index (κ2) is 9.15. The summed E-state index contributed by atoms with van der Waals surface area (Å²) in [5.74, 6) is 0.506. The van der Waals surface area contributed by atoms with Crippen LogP contribution in [0, 0.1) is 5.92 Å². The summed E-state index contributed by atoms with van der Waals surface area (Å²) >= 11 is 0. The Labute approximate surface area is 152 Å². The lowest BCUT2D eigenvalue weighted by atomic mass is 10.00. The maximum absolute atomic E-state index is 12.2. The van der Waals surface area contributed by atoms with Gasteiger partial charge < -0.3 is 15.2 Å². The topological polar surface area (TPSA) is 93.5 Å². The lowest BCUT2D eigenvalue weighted by molar-refractivity contribution is -0.123. The molecule has 2 atom stereocenters. The smallest absolute Gasteiger partial charge is 0.267 e. The molecule has 7 nitrogen and oxygen atoms in total. The van der Waals surface area contributed by atoms with Crippen molar-refractivity contribution < 1.29 is 14.6 Å². The van der Waals surface area contributed by atoms with Crippen LogP contribution in [0.25, 0.3) is 11.3 Å². The summed E-state index contributed by atoms with van der Waals surface area (Å²) in [6.45, 7) is 3.60. The molecule has 2 N–H and O–H groups in total. The van der Waals surface area contributed by atoms with E-state index in [0.29, 0.717) is 5.69 Å². The van der Waals surface area contributed by atoms with Crippen LogP contribution >= 0.6 is 0 Å². The maximum Gasteiger partial charge on any atom is 0.267 e. The van der Waals surface area contributed by atoms with Crippen LogP contribution in [-0.4, -0.2) is 40.6 Å². The predicted molar refractivity (Wildman–Crippen MR) is 99.0 cm³/mol. The molecule has 0 spiro atoms. The predicted octanol–water partition coefficient (Wildman–Crippen LogP) is 1.44. The fraction of sp³-hybridized carbons (Fsp3) is 0.421. The van der Waals surface area contributed by atoms with Gasteiger partial charge in [-0.05, 0) is 36.2 Å². The summed E-state index contributed by atoms with van der Waals surface area (Å²) < 4.78 is 6.25. The number of aliphatic hydroxyl groups is 1. The van der Waals surface area contributed by atoms with E-state index < -0.39 is 0 Å². The van der Waals surface area contributed by atoms with E-state index in [9.17, 15) is 14.7 Å². The quantitative estimate of drug-likeness (QED) is 0.744. The Bertz CT molecular complexity index is 786. The van der Waals surface area contributed by atoms with E-state index in [1.54, 1.807) is 25.3 Å². The van der Waals surface area contributed by atoms with Crippen LogP contribution in [0.15, 0.2) is 41.2 Å². The molecule has 0 aliphatic rings. The Morgan fingerprint density at radius 2 is 1.96 bits per heavy atom. The molecule has 0 fully saturated rings. The number of methoxy groups -OCH3 is 1. The Morgan fingerprint density at radius 3 is 2.54 bits per heavy atom. The fourth-order valence-electron chi connectivity index (χ4n) is 2.52. The molecule has 0 aliphatic heterocycles. The first-order valence-corrected chi connectivity index (χ1v) is 8.61. The van der Waals surface area contributed by atoms with Gasteiger partial charge in [0.25, 0.3) is 5.56 Å². The van der Waals surface area contributed by atoms with Crippen LogP contribution in [0.5, 0.6) is 5.75 Å². The second-order valence-electron chi connectivity index (χ2n) is 6.19. The van der Waals surface area contributed by atoms with Crippen molar-refractivity contribution in [2.75, 3.05) is 13.7 Å². The van der Waals surface area contributed by atoms with E-state index in [-0.39, 0.29) is 36.6 Å². The number of carbonyl (C=O) groups is 1. The number of aliphatic hydroxyl groups excluding tert-OH is 1. The third-order valence-corrected chi connectivity index (χ3v) is 4.42. The van der Waals surface area contributed by atoms with Gasteiger partial charge in [0, 0.05) is 11.6 Å². The van der Waals surface area contributed by atoms with Crippen LogP contribution in [0.3, 0.4) is 0 Å². The molecule has 2 aromatic rings. The molecule has 1 aromatic carbocycles. The summed E-state index contributed by atoms with van der Waals surface area (Å²) in [6, 6.07) is 9.94. The summed E-state index contributed by atoms with van der Waals surface area (Å²) in [6.07, 6.45) is 0.830. The highest BCUT2D eigenvalue weighted by molar-refractivity contribution is 5.76. The molecule has 0 saturated carbocycles. The van der Waals surface area contributed by atoms with Gasteiger partial charge in [0.1, 0.15) is 12.3 Å². The van der Waals surface area contributed by atoms with Crippen molar-refractivity contribution >= 4 is 5.91 Å². The first kappa shape index (κ1) is 19.7. The number of ether oxygens (including phenoxy) is 1. The largest absolute Gasteiger partial charge is 0.497 e. The zero-order chi connectivity index (χ0) is 19.1. The van der Waals surface area contributed by atoms with Crippen LogP contribution in [-0.2, 0) is 11.3 Å². The Hall–Kier alpha value is -2.67. The van der Waals surface area contributed by atoms with Crippen LogP contribution < -0.4 is 15.6 Å². The van der Waals surface area contributed by atoms with E-state index >= 15 is 0 Å². The lowest BCUT2D eigenvalue weighted by Gasteiger charge is -2.22. The minimum absolute atomic E-state index is 0.138. The molecule has 1 heterocycles. The SMILES string of the molecule is CC[C@@H](C)[C@@H](CO)NC(=O)Cn1nc(-c2ccc(OC)cc2)ccc1=O. The van der Waals surface area contributed by atoms with E-state index in [4.69, 9.17) is 4.74 Å². The molecule has 0 bridgehead atoms. The average Bonchev–Trinajstić information content (AvgIpc) is 2.67. The Balaban J connectivity index is 2.16. The zero-order valence-corrected chi connectivity index (χ0v) is 15.3. The van der Waals surface area contributed by atoms with Gasteiger partial charge in [-0.1, -0.05) is 20.3 Å². The van der Waals surface area contributed by atoms with Gasteiger partial charge in [0.05, 0.1) is 25.5 Å². The second-order valence-corrected chi connectivity index (χ2v) is 6.19. The van der Waals surface area contributed by atoms with Crippen molar-refractivity contribution in [1.29, 1.82) is 0 Å². The van der Waals surface area contributed by atoms with Crippen LogP contribution in [0.2, 0.25) is 0 Å².